The maximum absolute atomic E-state index is 11.9. The average molecular weight is 327 g/mol. The van der Waals surface area contributed by atoms with Crippen LogP contribution in [0.15, 0.2) is 24.3 Å². The summed E-state index contributed by atoms with van der Waals surface area (Å²) in [5.41, 5.74) is 0.981. The normalized spacial score (nSPS) is 19.1. The second kappa shape index (κ2) is 9.10. The lowest BCUT2D eigenvalue weighted by atomic mass is 10.1. The van der Waals surface area contributed by atoms with Gasteiger partial charge in [0.1, 0.15) is 0 Å². The van der Waals surface area contributed by atoms with Crippen LogP contribution in [0, 0.1) is 0 Å². The molecule has 1 heterocycles. The molecule has 0 radical (unpaired) electrons. The van der Waals surface area contributed by atoms with Gasteiger partial charge < -0.3 is 14.8 Å². The maximum atomic E-state index is 11.9. The molecule has 1 aromatic carbocycles. The SMILES string of the molecule is COCCCNC(=O)CN1CCOC(c2ccccc2Cl)C1. The maximum Gasteiger partial charge on any atom is 0.234 e. The van der Waals surface area contributed by atoms with Gasteiger partial charge in [0.05, 0.1) is 19.3 Å². The third-order valence-electron chi connectivity index (χ3n) is 3.62. The van der Waals surface area contributed by atoms with E-state index in [1.807, 2.05) is 24.3 Å². The van der Waals surface area contributed by atoms with E-state index in [1.54, 1.807) is 7.11 Å². The van der Waals surface area contributed by atoms with E-state index in [0.29, 0.717) is 37.9 Å². The Kier molecular flexibility index (Phi) is 7.12. The summed E-state index contributed by atoms with van der Waals surface area (Å²) in [4.78, 5) is 14.0. The molecule has 1 aromatic rings. The smallest absolute Gasteiger partial charge is 0.234 e. The standard InChI is InChI=1S/C16H23ClN2O3/c1-21-9-4-7-18-16(20)12-19-8-10-22-15(11-19)13-5-2-3-6-14(13)17/h2-3,5-6,15H,4,7-12H2,1H3,(H,18,20). The van der Waals surface area contributed by atoms with Crippen molar-refractivity contribution in [3.8, 4) is 0 Å². The van der Waals surface area contributed by atoms with Crippen LogP contribution in [-0.2, 0) is 14.3 Å². The minimum absolute atomic E-state index is 0.0379. The van der Waals surface area contributed by atoms with Gasteiger partial charge in [-0.25, -0.2) is 0 Å². The van der Waals surface area contributed by atoms with Crippen LogP contribution < -0.4 is 5.32 Å². The lowest BCUT2D eigenvalue weighted by molar-refractivity contribution is -0.124. The second-order valence-electron chi connectivity index (χ2n) is 5.31. The van der Waals surface area contributed by atoms with Gasteiger partial charge >= 0.3 is 0 Å². The summed E-state index contributed by atoms with van der Waals surface area (Å²) in [6.45, 7) is 3.73. The van der Waals surface area contributed by atoms with Crippen LogP contribution in [0.25, 0.3) is 0 Å². The summed E-state index contributed by atoms with van der Waals surface area (Å²) >= 11 is 6.22. The molecule has 1 N–H and O–H groups in total. The number of ether oxygens (including phenoxy) is 2. The van der Waals surface area contributed by atoms with E-state index in [4.69, 9.17) is 21.1 Å². The highest BCUT2D eigenvalue weighted by atomic mass is 35.5. The number of hydrogen-bond acceptors (Lipinski definition) is 4. The van der Waals surface area contributed by atoms with Gasteiger partial charge in [-0.05, 0) is 12.5 Å². The zero-order valence-corrected chi connectivity index (χ0v) is 13.6. The van der Waals surface area contributed by atoms with Crippen molar-refractivity contribution < 1.29 is 14.3 Å². The number of hydrogen-bond donors (Lipinski definition) is 1. The average Bonchev–Trinajstić information content (AvgIpc) is 2.52. The molecule has 1 amide bonds. The van der Waals surface area contributed by atoms with Crippen molar-refractivity contribution >= 4 is 17.5 Å². The van der Waals surface area contributed by atoms with Gasteiger partial charge in [-0.2, -0.15) is 0 Å². The van der Waals surface area contributed by atoms with Crippen LogP contribution in [0.3, 0.4) is 0 Å². The third-order valence-corrected chi connectivity index (χ3v) is 3.96. The number of amides is 1. The highest BCUT2D eigenvalue weighted by molar-refractivity contribution is 6.31. The summed E-state index contributed by atoms with van der Waals surface area (Å²) in [6.07, 6.45) is 0.747. The van der Waals surface area contributed by atoms with Gasteiger partial charge in [0.15, 0.2) is 0 Å². The zero-order valence-electron chi connectivity index (χ0n) is 12.9. The van der Waals surface area contributed by atoms with Crippen LogP contribution >= 0.6 is 11.6 Å². The van der Waals surface area contributed by atoms with Crippen molar-refractivity contribution in [1.29, 1.82) is 0 Å². The monoisotopic (exact) mass is 326 g/mol. The van der Waals surface area contributed by atoms with Crippen LogP contribution in [0.5, 0.6) is 0 Å². The number of methoxy groups -OCH3 is 1. The highest BCUT2D eigenvalue weighted by Crippen LogP contribution is 2.28. The first-order chi connectivity index (χ1) is 10.7. The molecule has 1 aliphatic rings. The number of benzene rings is 1. The van der Waals surface area contributed by atoms with Gasteiger partial charge in [0.2, 0.25) is 5.91 Å². The van der Waals surface area contributed by atoms with E-state index in [0.717, 1.165) is 18.5 Å². The van der Waals surface area contributed by atoms with Crippen molar-refractivity contribution in [1.82, 2.24) is 10.2 Å². The molecular formula is C16H23ClN2O3. The fourth-order valence-electron chi connectivity index (χ4n) is 2.47. The summed E-state index contributed by atoms with van der Waals surface area (Å²) in [5, 5.41) is 3.61. The lowest BCUT2D eigenvalue weighted by Gasteiger charge is -2.33. The Bertz CT molecular complexity index is 484. The Hall–Kier alpha value is -1.14. The summed E-state index contributed by atoms with van der Waals surface area (Å²) in [6, 6.07) is 7.69. The predicted octanol–water partition coefficient (Wildman–Crippen LogP) is 1.87. The van der Waals surface area contributed by atoms with Gasteiger partial charge in [-0.15, -0.1) is 0 Å². The van der Waals surface area contributed by atoms with Crippen LogP contribution in [0.1, 0.15) is 18.1 Å². The molecule has 1 saturated heterocycles. The van der Waals surface area contributed by atoms with Gasteiger partial charge in [-0.3, -0.25) is 9.69 Å². The van der Waals surface area contributed by atoms with E-state index in [2.05, 4.69) is 10.2 Å². The third kappa shape index (κ3) is 5.25. The van der Waals surface area contributed by atoms with Crippen molar-refractivity contribution in [2.45, 2.75) is 12.5 Å². The molecule has 122 valence electrons. The first kappa shape index (κ1) is 17.2. The number of carbonyl (C=O) groups excluding carboxylic acids is 1. The second-order valence-corrected chi connectivity index (χ2v) is 5.72. The Morgan fingerprint density at radius 1 is 1.50 bits per heavy atom. The number of morpholine rings is 1. The number of halogens is 1. The fraction of sp³-hybridized carbons (Fsp3) is 0.562. The molecule has 0 aliphatic carbocycles. The van der Waals surface area contributed by atoms with Crippen molar-refractivity contribution in [2.75, 3.05) is 46.5 Å². The molecule has 0 saturated carbocycles. The number of nitrogens with one attached hydrogen (secondary N) is 1. The summed E-state index contributed by atoms with van der Waals surface area (Å²) in [7, 11) is 1.66. The van der Waals surface area contributed by atoms with Gasteiger partial charge in [-0.1, -0.05) is 29.8 Å². The molecule has 1 aliphatic heterocycles. The van der Waals surface area contributed by atoms with Crippen molar-refractivity contribution in [3.05, 3.63) is 34.9 Å². The van der Waals surface area contributed by atoms with E-state index in [-0.39, 0.29) is 12.0 Å². The highest BCUT2D eigenvalue weighted by Gasteiger charge is 2.24. The molecule has 0 aromatic heterocycles. The fourth-order valence-corrected chi connectivity index (χ4v) is 2.73. The van der Waals surface area contributed by atoms with E-state index < -0.39 is 0 Å². The molecule has 6 heteroatoms. The Labute approximate surface area is 136 Å². The summed E-state index contributed by atoms with van der Waals surface area (Å²) < 4.78 is 10.8. The quantitative estimate of drug-likeness (QED) is 0.777. The Balaban J connectivity index is 1.81. The van der Waals surface area contributed by atoms with Crippen LogP contribution in [0.2, 0.25) is 5.02 Å². The number of rotatable bonds is 7. The van der Waals surface area contributed by atoms with E-state index >= 15 is 0 Å². The molecule has 0 bridgehead atoms. The summed E-state index contributed by atoms with van der Waals surface area (Å²) in [5.74, 6) is 0.0379. The zero-order chi connectivity index (χ0) is 15.8. The molecule has 1 fully saturated rings. The molecule has 0 spiro atoms. The van der Waals surface area contributed by atoms with Gasteiger partial charge in [0.25, 0.3) is 0 Å². The topological polar surface area (TPSA) is 50.8 Å². The predicted molar refractivity (Wildman–Crippen MR) is 86.1 cm³/mol. The molecule has 1 atom stereocenters. The minimum Gasteiger partial charge on any atom is -0.385 e. The van der Waals surface area contributed by atoms with E-state index in [9.17, 15) is 4.79 Å². The molecule has 1 unspecified atom stereocenters. The van der Waals surface area contributed by atoms with Crippen molar-refractivity contribution in [2.24, 2.45) is 0 Å². The lowest BCUT2D eigenvalue weighted by Crippen LogP contribution is -2.44. The minimum atomic E-state index is -0.0799. The Morgan fingerprint density at radius 3 is 3.09 bits per heavy atom. The first-order valence-corrected chi connectivity index (χ1v) is 7.92. The molecular weight excluding hydrogens is 304 g/mol. The number of carbonyl (C=O) groups is 1. The van der Waals surface area contributed by atoms with Gasteiger partial charge in [0, 0.05) is 43.9 Å². The van der Waals surface area contributed by atoms with Crippen LogP contribution in [0.4, 0.5) is 0 Å². The molecule has 2 rings (SSSR count). The van der Waals surface area contributed by atoms with Crippen LogP contribution in [-0.4, -0.2) is 57.3 Å². The molecule has 22 heavy (non-hydrogen) atoms. The molecule has 5 nitrogen and oxygen atoms in total. The Morgan fingerprint density at radius 2 is 2.32 bits per heavy atom. The first-order valence-electron chi connectivity index (χ1n) is 7.54. The number of nitrogens with zero attached hydrogens (tertiary/aromatic N) is 1. The van der Waals surface area contributed by atoms with E-state index in [1.165, 1.54) is 0 Å². The largest absolute Gasteiger partial charge is 0.385 e. The van der Waals surface area contributed by atoms with Crippen molar-refractivity contribution in [3.63, 3.8) is 0 Å².